The van der Waals surface area contributed by atoms with Gasteiger partial charge in [0.2, 0.25) is 5.91 Å². The molecule has 1 aromatic rings. The van der Waals surface area contributed by atoms with Crippen LogP contribution in [0.3, 0.4) is 0 Å². The van der Waals surface area contributed by atoms with Gasteiger partial charge in [-0.1, -0.05) is 0 Å². The van der Waals surface area contributed by atoms with Crippen LogP contribution < -0.4 is 5.32 Å². The third-order valence-electron chi connectivity index (χ3n) is 3.24. The smallest absolute Gasteiger partial charge is 0.306 e. The Labute approximate surface area is 118 Å². The second-order valence-electron chi connectivity index (χ2n) is 4.52. The lowest BCUT2D eigenvalue weighted by Crippen LogP contribution is -2.29. The highest BCUT2D eigenvalue weighted by atomic mass is 79.9. The van der Waals surface area contributed by atoms with Crippen molar-refractivity contribution < 1.29 is 14.7 Å². The summed E-state index contributed by atoms with van der Waals surface area (Å²) in [5, 5.41) is 13.7. The minimum absolute atomic E-state index is 0.0268. The van der Waals surface area contributed by atoms with E-state index in [2.05, 4.69) is 21.2 Å². The molecule has 1 aliphatic rings. The van der Waals surface area contributed by atoms with E-state index in [4.69, 9.17) is 5.11 Å². The summed E-state index contributed by atoms with van der Waals surface area (Å²) in [5.41, 5.74) is 1.06. The van der Waals surface area contributed by atoms with E-state index in [1.165, 1.54) is 0 Å². The Morgan fingerprint density at radius 1 is 1.44 bits per heavy atom. The number of hydrogen-bond donors (Lipinski definition) is 2. The number of carbonyl (C=O) groups is 2. The zero-order chi connectivity index (χ0) is 13.1. The highest BCUT2D eigenvalue weighted by Gasteiger charge is 2.33. The third kappa shape index (κ3) is 3.32. The summed E-state index contributed by atoms with van der Waals surface area (Å²) in [6.45, 7) is 0.509. The van der Waals surface area contributed by atoms with Gasteiger partial charge < -0.3 is 10.4 Å². The predicted molar refractivity (Wildman–Crippen MR) is 72.3 cm³/mol. The molecule has 1 fully saturated rings. The molecule has 0 radical (unpaired) electrons. The van der Waals surface area contributed by atoms with Crippen LogP contribution in [-0.4, -0.2) is 17.0 Å². The summed E-state index contributed by atoms with van der Waals surface area (Å²) in [6, 6.07) is 1.97. The standard InChI is InChI=1S/C12H14BrNO3S/c13-10-3-7(6-18-10)5-14-11(15)8-1-2-9(4-8)12(16)17/h3,6,8-9H,1-2,4-5H2,(H,14,15)(H,16,17)/t8-,9+/m0/s1. The SMILES string of the molecule is O=C(O)[C@@H]1CC[C@H](C(=O)NCc2csc(Br)c2)C1. The quantitative estimate of drug-likeness (QED) is 0.891. The number of aliphatic carboxylic acids is 1. The van der Waals surface area contributed by atoms with Gasteiger partial charge >= 0.3 is 5.97 Å². The number of hydrogen-bond acceptors (Lipinski definition) is 3. The fourth-order valence-electron chi connectivity index (χ4n) is 2.22. The van der Waals surface area contributed by atoms with Gasteiger partial charge in [0.15, 0.2) is 0 Å². The van der Waals surface area contributed by atoms with Crippen molar-refractivity contribution in [3.05, 3.63) is 20.8 Å². The van der Waals surface area contributed by atoms with Crippen molar-refractivity contribution in [2.45, 2.75) is 25.8 Å². The molecule has 2 rings (SSSR count). The number of nitrogens with one attached hydrogen (secondary N) is 1. The van der Waals surface area contributed by atoms with E-state index in [0.29, 0.717) is 25.8 Å². The molecule has 6 heteroatoms. The largest absolute Gasteiger partial charge is 0.481 e. The maximum atomic E-state index is 11.9. The lowest BCUT2D eigenvalue weighted by molar-refractivity contribution is -0.141. The normalized spacial score (nSPS) is 22.9. The van der Waals surface area contributed by atoms with Gasteiger partial charge in [-0.05, 0) is 52.2 Å². The van der Waals surface area contributed by atoms with Gasteiger partial charge in [0.25, 0.3) is 0 Å². The monoisotopic (exact) mass is 331 g/mol. The molecule has 0 bridgehead atoms. The van der Waals surface area contributed by atoms with Crippen molar-refractivity contribution in [3.8, 4) is 0 Å². The first-order valence-electron chi connectivity index (χ1n) is 5.79. The van der Waals surface area contributed by atoms with Gasteiger partial charge in [0, 0.05) is 12.5 Å². The minimum Gasteiger partial charge on any atom is -0.481 e. The van der Waals surface area contributed by atoms with Gasteiger partial charge in [-0.25, -0.2) is 0 Å². The van der Waals surface area contributed by atoms with Crippen LogP contribution >= 0.6 is 27.3 Å². The maximum Gasteiger partial charge on any atom is 0.306 e. The Balaban J connectivity index is 1.80. The summed E-state index contributed by atoms with van der Waals surface area (Å²) in [5.74, 6) is -1.31. The van der Waals surface area contributed by atoms with Crippen molar-refractivity contribution in [2.24, 2.45) is 11.8 Å². The molecule has 1 aromatic heterocycles. The molecule has 4 nitrogen and oxygen atoms in total. The second-order valence-corrected chi connectivity index (χ2v) is 6.81. The third-order valence-corrected chi connectivity index (χ3v) is 4.79. The van der Waals surface area contributed by atoms with Crippen LogP contribution in [0.25, 0.3) is 0 Å². The first kappa shape index (κ1) is 13.5. The Morgan fingerprint density at radius 3 is 2.72 bits per heavy atom. The fraction of sp³-hybridized carbons (Fsp3) is 0.500. The average Bonchev–Trinajstić information content (AvgIpc) is 2.94. The molecule has 0 aromatic carbocycles. The Morgan fingerprint density at radius 2 is 2.17 bits per heavy atom. The van der Waals surface area contributed by atoms with Crippen LogP contribution in [0.4, 0.5) is 0 Å². The molecule has 1 saturated carbocycles. The zero-order valence-corrected chi connectivity index (χ0v) is 12.1. The highest BCUT2D eigenvalue weighted by Crippen LogP contribution is 2.31. The van der Waals surface area contributed by atoms with Gasteiger partial charge in [-0.15, -0.1) is 11.3 Å². The number of amides is 1. The molecule has 0 aliphatic heterocycles. The fourth-order valence-corrected chi connectivity index (χ4v) is 3.43. The first-order valence-corrected chi connectivity index (χ1v) is 7.47. The number of thiophene rings is 1. The molecule has 0 spiro atoms. The van der Waals surface area contributed by atoms with E-state index < -0.39 is 5.97 Å². The molecule has 18 heavy (non-hydrogen) atoms. The maximum absolute atomic E-state index is 11.9. The molecule has 98 valence electrons. The molecule has 2 atom stereocenters. The number of halogens is 1. The molecule has 2 N–H and O–H groups in total. The van der Waals surface area contributed by atoms with E-state index in [1.807, 2.05) is 11.4 Å². The van der Waals surface area contributed by atoms with E-state index in [1.54, 1.807) is 11.3 Å². The van der Waals surface area contributed by atoms with Crippen molar-refractivity contribution >= 4 is 39.1 Å². The molecular formula is C12H14BrNO3S. The van der Waals surface area contributed by atoms with E-state index in [9.17, 15) is 9.59 Å². The Bertz CT molecular complexity index is 460. The summed E-state index contributed by atoms with van der Waals surface area (Å²) >= 11 is 4.95. The van der Waals surface area contributed by atoms with Crippen LogP contribution in [0.5, 0.6) is 0 Å². The van der Waals surface area contributed by atoms with E-state index in [0.717, 1.165) is 9.35 Å². The molecule has 1 amide bonds. The predicted octanol–water partition coefficient (Wildman–Crippen LogP) is 2.63. The van der Waals surface area contributed by atoms with Crippen LogP contribution in [0.1, 0.15) is 24.8 Å². The van der Waals surface area contributed by atoms with Crippen molar-refractivity contribution in [3.63, 3.8) is 0 Å². The number of carboxylic acid groups (broad SMARTS) is 1. The summed E-state index contributed by atoms with van der Waals surface area (Å²) in [7, 11) is 0. The van der Waals surface area contributed by atoms with Gasteiger partial charge in [-0.2, -0.15) is 0 Å². The average molecular weight is 332 g/mol. The summed E-state index contributed by atoms with van der Waals surface area (Å²) in [4.78, 5) is 22.7. The molecular weight excluding hydrogens is 318 g/mol. The summed E-state index contributed by atoms with van der Waals surface area (Å²) in [6.07, 6.45) is 1.75. The number of carbonyl (C=O) groups excluding carboxylic acids is 1. The Kier molecular flexibility index (Phi) is 4.40. The van der Waals surface area contributed by atoms with E-state index >= 15 is 0 Å². The Hall–Kier alpha value is -0.880. The summed E-state index contributed by atoms with van der Waals surface area (Å²) < 4.78 is 1.04. The minimum atomic E-state index is -0.785. The van der Waals surface area contributed by atoms with Crippen molar-refractivity contribution in [2.75, 3.05) is 0 Å². The van der Waals surface area contributed by atoms with E-state index in [-0.39, 0.29) is 17.7 Å². The van der Waals surface area contributed by atoms with Crippen molar-refractivity contribution in [1.82, 2.24) is 5.32 Å². The topological polar surface area (TPSA) is 66.4 Å². The lowest BCUT2D eigenvalue weighted by Gasteiger charge is -2.09. The second kappa shape index (κ2) is 5.84. The number of carboxylic acids is 1. The van der Waals surface area contributed by atoms with Crippen LogP contribution in [0, 0.1) is 11.8 Å². The number of rotatable bonds is 4. The molecule has 0 unspecified atom stereocenters. The molecule has 1 heterocycles. The van der Waals surface area contributed by atoms with Gasteiger partial charge in [-0.3, -0.25) is 9.59 Å². The molecule has 1 aliphatic carbocycles. The zero-order valence-electron chi connectivity index (χ0n) is 9.69. The van der Waals surface area contributed by atoms with Gasteiger partial charge in [0.1, 0.15) is 0 Å². The van der Waals surface area contributed by atoms with Crippen LogP contribution in [0.15, 0.2) is 15.2 Å². The lowest BCUT2D eigenvalue weighted by atomic mass is 10.0. The highest BCUT2D eigenvalue weighted by molar-refractivity contribution is 9.11. The van der Waals surface area contributed by atoms with Crippen LogP contribution in [-0.2, 0) is 16.1 Å². The van der Waals surface area contributed by atoms with Crippen molar-refractivity contribution in [1.29, 1.82) is 0 Å². The molecule has 0 saturated heterocycles. The van der Waals surface area contributed by atoms with Crippen LogP contribution in [0.2, 0.25) is 0 Å². The van der Waals surface area contributed by atoms with Gasteiger partial charge in [0.05, 0.1) is 9.70 Å². The first-order chi connectivity index (χ1) is 8.56.